The Labute approximate surface area is 293 Å². The van der Waals surface area contributed by atoms with Gasteiger partial charge in [0.15, 0.2) is 5.76 Å². The second-order valence-corrected chi connectivity index (χ2v) is 12.5. The van der Waals surface area contributed by atoms with Crippen LogP contribution in [0.5, 0.6) is 0 Å². The Kier molecular flexibility index (Phi) is 17.8. The summed E-state index contributed by atoms with van der Waals surface area (Å²) in [6.45, 7) is 6.10. The zero-order valence-electron chi connectivity index (χ0n) is 28.3. The molecule has 0 saturated carbocycles. The number of allylic oxidation sites excluding steroid dienone is 4. The number of hydrogen-bond acceptors (Lipinski definition) is 9. The zero-order chi connectivity index (χ0) is 35.3. The fourth-order valence-corrected chi connectivity index (χ4v) is 5.81. The molecule has 2 atom stereocenters. The Hall–Kier alpha value is -4.32. The van der Waals surface area contributed by atoms with Crippen molar-refractivity contribution in [3.05, 3.63) is 112 Å². The summed E-state index contributed by atoms with van der Waals surface area (Å²) in [6, 6.07) is 15.2. The number of oxazole rings is 1. The van der Waals surface area contributed by atoms with Crippen LogP contribution >= 0.6 is 11.8 Å². The van der Waals surface area contributed by atoms with Crippen LogP contribution in [0.2, 0.25) is 0 Å². The molecule has 0 aliphatic rings. The Morgan fingerprint density at radius 1 is 1.04 bits per heavy atom. The predicted octanol–water partition coefficient (Wildman–Crippen LogP) is 9.21. The van der Waals surface area contributed by atoms with E-state index >= 15 is 0 Å². The molecule has 0 spiro atoms. The fourth-order valence-electron chi connectivity index (χ4n) is 4.90. The molecule has 3 aromatic rings. The number of carbonyl (C=O) groups excluding carboxylic acids is 1. The van der Waals surface area contributed by atoms with Crippen LogP contribution in [0.3, 0.4) is 0 Å². The third-order valence-corrected chi connectivity index (χ3v) is 8.59. The highest BCUT2D eigenvalue weighted by Gasteiger charge is 2.21. The van der Waals surface area contributed by atoms with Gasteiger partial charge in [-0.2, -0.15) is 4.91 Å². The topological polar surface area (TPSA) is 140 Å². The largest absolute Gasteiger partial charge is 0.481 e. The van der Waals surface area contributed by atoms with Crippen LogP contribution in [0, 0.1) is 11.8 Å². The van der Waals surface area contributed by atoms with Crippen molar-refractivity contribution < 1.29 is 28.6 Å². The summed E-state index contributed by atoms with van der Waals surface area (Å²) < 4.78 is 18.3. The number of carbonyl (C=O) groups is 2. The van der Waals surface area contributed by atoms with E-state index in [2.05, 4.69) is 22.1 Å². The van der Waals surface area contributed by atoms with Crippen molar-refractivity contribution in [2.45, 2.75) is 88.9 Å². The molecule has 262 valence electrons. The number of thioether (sulfide) groups is 1. The molecule has 2 N–H and O–H groups in total. The van der Waals surface area contributed by atoms with Crippen molar-refractivity contribution in [3.8, 4) is 0 Å². The first-order valence-electron chi connectivity index (χ1n) is 16.5. The number of amides is 1. The van der Waals surface area contributed by atoms with Crippen molar-refractivity contribution in [3.63, 3.8) is 0 Å². The van der Waals surface area contributed by atoms with Crippen LogP contribution in [0.1, 0.15) is 85.6 Å². The minimum absolute atomic E-state index is 0.0648. The second-order valence-electron chi connectivity index (χ2n) is 11.5. The van der Waals surface area contributed by atoms with Crippen LogP contribution in [0.15, 0.2) is 94.2 Å². The zero-order valence-corrected chi connectivity index (χ0v) is 29.2. The number of nitrogens with zero attached hydrogens (tertiary/aromatic N) is 2. The number of ether oxygens (including phenoxy) is 2. The van der Waals surface area contributed by atoms with Gasteiger partial charge in [-0.05, 0) is 61.1 Å². The maximum absolute atomic E-state index is 12.4. The lowest BCUT2D eigenvalue weighted by molar-refractivity contribution is -0.137. The average Bonchev–Trinajstić information content (AvgIpc) is 3.45. The van der Waals surface area contributed by atoms with E-state index in [0.29, 0.717) is 48.3 Å². The molecule has 10 nitrogen and oxygen atoms in total. The third-order valence-electron chi connectivity index (χ3n) is 7.63. The van der Waals surface area contributed by atoms with Gasteiger partial charge in [-0.25, -0.2) is 4.98 Å². The molecule has 0 fully saturated rings. The Balaban J connectivity index is 1.61. The molecule has 0 aliphatic carbocycles. The molecule has 1 aromatic heterocycles. The highest BCUT2D eigenvalue weighted by atomic mass is 32.2. The van der Waals surface area contributed by atoms with Gasteiger partial charge in [0.25, 0.3) is 5.22 Å². The molecule has 49 heavy (non-hydrogen) atoms. The van der Waals surface area contributed by atoms with Crippen LogP contribution in [-0.4, -0.2) is 40.9 Å². The number of benzene rings is 2. The van der Waals surface area contributed by atoms with Crippen LogP contribution in [0.25, 0.3) is 6.08 Å². The number of unbranched alkanes of at least 4 members (excludes halogenated alkanes) is 3. The number of nitrogens with one attached hydrogen (secondary N) is 1. The number of anilines is 1. The summed E-state index contributed by atoms with van der Waals surface area (Å²) in [6.07, 6.45) is 14.0. The monoisotopic (exact) mass is 689 g/mol. The van der Waals surface area contributed by atoms with E-state index in [1.807, 2.05) is 85.8 Å². The molecule has 3 rings (SSSR count). The Bertz CT molecular complexity index is 1520. The number of hydrogen-bond donors (Lipinski definition) is 2. The predicted molar refractivity (Wildman–Crippen MR) is 194 cm³/mol. The molecular weight excluding hydrogens is 642 g/mol. The van der Waals surface area contributed by atoms with Crippen LogP contribution < -0.4 is 5.32 Å². The lowest BCUT2D eigenvalue weighted by atomic mass is 10.0. The smallest absolute Gasteiger partial charge is 0.303 e. The van der Waals surface area contributed by atoms with Crippen molar-refractivity contribution in [1.82, 2.24) is 4.98 Å². The summed E-state index contributed by atoms with van der Waals surface area (Å²) in [5.41, 5.74) is 4.27. The maximum atomic E-state index is 12.4. The summed E-state index contributed by atoms with van der Waals surface area (Å²) >= 11 is 1.48. The third kappa shape index (κ3) is 15.2. The van der Waals surface area contributed by atoms with Gasteiger partial charge in [0.05, 0.1) is 24.5 Å². The first-order chi connectivity index (χ1) is 23.8. The van der Waals surface area contributed by atoms with E-state index in [9.17, 15) is 14.5 Å². The van der Waals surface area contributed by atoms with Crippen molar-refractivity contribution in [2.75, 3.05) is 18.2 Å². The number of aryl methyl sites for hydroxylation is 1. The van der Waals surface area contributed by atoms with Gasteiger partial charge in [0, 0.05) is 37.8 Å². The molecule has 1 heterocycles. The first kappa shape index (κ1) is 39.1. The standard InChI is InChI=1S/C38H47N3O7S/c1-4-5-6-7-10-13-34-28(2)40-38(48-34)49-27-33(24-35(46-3)31-20-16-29(17-21-31)25-39-45)47-26-30-18-22-32(23-19-30)41-36(42)14-11-8-9-12-15-37(43)44/h4,6-7,10,13,16-23,33,35H,1,5,8-9,11-12,14-15,24-27H2,2-3H3,(H,41,42)(H,43,44)/b7-6?,13-10+. The molecule has 0 saturated heterocycles. The van der Waals surface area contributed by atoms with Gasteiger partial charge in [-0.1, -0.05) is 90.5 Å². The number of carboxylic acid groups (broad SMARTS) is 1. The SMILES string of the molecule is C=CCC=C/C=C/c1oc(SCC(CC(OC)c2ccc(CN=O)cc2)OCc2ccc(NC(=O)CCCCCCC(=O)O)cc2)nc1C. The van der Waals surface area contributed by atoms with Gasteiger partial charge in [0.1, 0.15) is 6.54 Å². The van der Waals surface area contributed by atoms with Gasteiger partial charge < -0.3 is 24.3 Å². The molecule has 2 aromatic carbocycles. The summed E-state index contributed by atoms with van der Waals surface area (Å²) in [7, 11) is 1.67. The second kappa shape index (κ2) is 22.3. The number of aromatic nitrogens is 1. The van der Waals surface area contributed by atoms with E-state index < -0.39 is 5.97 Å². The van der Waals surface area contributed by atoms with Gasteiger partial charge in [0.2, 0.25) is 5.91 Å². The lowest BCUT2D eigenvalue weighted by Gasteiger charge is -2.23. The fraction of sp³-hybridized carbons (Fsp3) is 0.395. The van der Waals surface area contributed by atoms with E-state index in [0.717, 1.165) is 48.1 Å². The highest BCUT2D eigenvalue weighted by molar-refractivity contribution is 7.99. The minimum atomic E-state index is -0.788. The van der Waals surface area contributed by atoms with E-state index in [-0.39, 0.29) is 31.1 Å². The van der Waals surface area contributed by atoms with Crippen molar-refractivity contribution in [1.29, 1.82) is 0 Å². The van der Waals surface area contributed by atoms with Crippen molar-refractivity contribution >= 4 is 35.4 Å². The number of carboxylic acids is 1. The lowest BCUT2D eigenvalue weighted by Crippen LogP contribution is -2.21. The first-order valence-corrected chi connectivity index (χ1v) is 17.5. The number of methoxy groups -OCH3 is 1. The molecule has 2 unspecified atom stereocenters. The van der Waals surface area contributed by atoms with Gasteiger partial charge in [-0.3, -0.25) is 9.59 Å². The Morgan fingerprint density at radius 3 is 2.43 bits per heavy atom. The summed E-state index contributed by atoms with van der Waals surface area (Å²) in [5.74, 6) is 0.416. The van der Waals surface area contributed by atoms with E-state index in [4.69, 9.17) is 19.0 Å². The minimum Gasteiger partial charge on any atom is -0.481 e. The molecular formula is C38H47N3O7S. The van der Waals surface area contributed by atoms with Gasteiger partial charge in [-0.15, -0.1) is 6.58 Å². The summed E-state index contributed by atoms with van der Waals surface area (Å²) in [5, 5.41) is 15.2. The molecule has 1 amide bonds. The molecule has 0 aliphatic heterocycles. The Morgan fingerprint density at radius 2 is 1.76 bits per heavy atom. The van der Waals surface area contributed by atoms with E-state index in [1.54, 1.807) is 7.11 Å². The summed E-state index contributed by atoms with van der Waals surface area (Å²) in [4.78, 5) is 38.3. The number of rotatable bonds is 24. The average molecular weight is 690 g/mol. The number of nitroso groups, excluding NO2 is 1. The van der Waals surface area contributed by atoms with E-state index in [1.165, 1.54) is 11.8 Å². The highest BCUT2D eigenvalue weighted by Crippen LogP contribution is 2.29. The number of aliphatic carboxylic acids is 1. The molecule has 11 heteroatoms. The maximum Gasteiger partial charge on any atom is 0.303 e. The molecule has 0 bridgehead atoms. The quantitative estimate of drug-likeness (QED) is 0.0310. The normalized spacial score (nSPS) is 12.7. The van der Waals surface area contributed by atoms with Crippen molar-refractivity contribution in [2.24, 2.45) is 5.18 Å². The molecule has 0 radical (unpaired) electrons. The van der Waals surface area contributed by atoms with Crippen LogP contribution in [0.4, 0.5) is 5.69 Å². The van der Waals surface area contributed by atoms with Crippen LogP contribution in [-0.2, 0) is 32.2 Å². The van der Waals surface area contributed by atoms with Gasteiger partial charge >= 0.3 is 5.97 Å².